The van der Waals surface area contributed by atoms with E-state index in [1.54, 1.807) is 4.31 Å². The zero-order valence-electron chi connectivity index (χ0n) is 12.6. The lowest BCUT2D eigenvalue weighted by molar-refractivity contribution is -0.121. The third kappa shape index (κ3) is 3.33. The van der Waals surface area contributed by atoms with E-state index in [1.807, 2.05) is 30.3 Å². The van der Waals surface area contributed by atoms with Gasteiger partial charge in [0, 0.05) is 19.5 Å². The molecule has 1 atom stereocenters. The van der Waals surface area contributed by atoms with E-state index in [2.05, 4.69) is 5.32 Å². The predicted molar refractivity (Wildman–Crippen MR) is 84.6 cm³/mol. The van der Waals surface area contributed by atoms with Gasteiger partial charge < -0.3 is 5.32 Å². The molecule has 120 valence electrons. The number of carbonyl (C=O) groups is 1. The molecule has 1 aliphatic heterocycles. The van der Waals surface area contributed by atoms with Gasteiger partial charge in [-0.15, -0.1) is 0 Å². The van der Waals surface area contributed by atoms with Crippen LogP contribution in [0.5, 0.6) is 0 Å². The second-order valence-corrected chi connectivity index (χ2v) is 8.13. The molecule has 2 fully saturated rings. The minimum atomic E-state index is -3.35. The zero-order chi connectivity index (χ0) is 15.6. The maximum atomic E-state index is 12.8. The van der Waals surface area contributed by atoms with Crippen LogP contribution in [-0.2, 0) is 14.8 Å². The molecule has 22 heavy (non-hydrogen) atoms. The second-order valence-electron chi connectivity index (χ2n) is 6.17. The van der Waals surface area contributed by atoms with Crippen molar-refractivity contribution in [2.75, 3.05) is 18.8 Å². The fourth-order valence-corrected chi connectivity index (χ4v) is 5.23. The second kappa shape index (κ2) is 6.38. The van der Waals surface area contributed by atoms with Gasteiger partial charge in [0.05, 0.1) is 11.8 Å². The summed E-state index contributed by atoms with van der Waals surface area (Å²) in [5, 5.41) is 2.78. The molecule has 0 radical (unpaired) electrons. The number of nitrogens with one attached hydrogen (secondary N) is 1. The van der Waals surface area contributed by atoms with Gasteiger partial charge in [0.1, 0.15) is 0 Å². The molecule has 0 bridgehead atoms. The molecule has 5 nitrogen and oxygen atoms in total. The summed E-state index contributed by atoms with van der Waals surface area (Å²) in [4.78, 5) is 11.9. The van der Waals surface area contributed by atoms with Crippen LogP contribution in [0.25, 0.3) is 0 Å². The van der Waals surface area contributed by atoms with Crippen LogP contribution >= 0.6 is 0 Å². The molecule has 1 saturated carbocycles. The predicted octanol–water partition coefficient (Wildman–Crippen LogP) is 1.68. The number of sulfonamides is 1. The molecule has 1 aliphatic carbocycles. The van der Waals surface area contributed by atoms with E-state index in [0.29, 0.717) is 13.1 Å². The normalized spacial score (nSPS) is 24.4. The van der Waals surface area contributed by atoms with E-state index in [0.717, 1.165) is 24.8 Å². The molecule has 2 aliphatic rings. The largest absolute Gasteiger partial charge is 0.355 e. The van der Waals surface area contributed by atoms with Gasteiger partial charge in [-0.05, 0) is 24.3 Å². The Bertz CT molecular complexity index is 626. The molecular formula is C16H22N2O3S. The summed E-state index contributed by atoms with van der Waals surface area (Å²) in [6.07, 6.45) is 3.32. The van der Waals surface area contributed by atoms with Crippen LogP contribution in [0.2, 0.25) is 0 Å². The lowest BCUT2D eigenvalue weighted by Gasteiger charge is -2.32. The number of benzene rings is 1. The Morgan fingerprint density at radius 1 is 1.18 bits per heavy atom. The highest BCUT2D eigenvalue weighted by Gasteiger charge is 2.36. The summed E-state index contributed by atoms with van der Waals surface area (Å²) in [6.45, 7) is 0.729. The van der Waals surface area contributed by atoms with Crippen LogP contribution in [-0.4, -0.2) is 37.5 Å². The summed E-state index contributed by atoms with van der Waals surface area (Å²) >= 11 is 0. The molecule has 1 aromatic carbocycles. The first kappa shape index (κ1) is 15.5. The van der Waals surface area contributed by atoms with E-state index >= 15 is 0 Å². The van der Waals surface area contributed by atoms with Crippen molar-refractivity contribution in [3.63, 3.8) is 0 Å². The molecule has 1 amide bonds. The van der Waals surface area contributed by atoms with Gasteiger partial charge in [-0.1, -0.05) is 36.8 Å². The van der Waals surface area contributed by atoms with Crippen LogP contribution in [0.3, 0.4) is 0 Å². The fraction of sp³-hybridized carbons (Fsp3) is 0.562. The van der Waals surface area contributed by atoms with E-state index in [1.165, 1.54) is 0 Å². The third-order valence-electron chi connectivity index (χ3n) is 4.59. The Labute approximate surface area is 131 Å². The van der Waals surface area contributed by atoms with Gasteiger partial charge in [0.15, 0.2) is 0 Å². The van der Waals surface area contributed by atoms with Crippen LogP contribution in [0, 0.1) is 5.92 Å². The van der Waals surface area contributed by atoms with Gasteiger partial charge in [0.25, 0.3) is 0 Å². The van der Waals surface area contributed by atoms with Crippen LogP contribution in [0.1, 0.15) is 37.3 Å². The molecule has 1 aromatic rings. The summed E-state index contributed by atoms with van der Waals surface area (Å²) in [6, 6.07) is 9.07. The van der Waals surface area contributed by atoms with Crippen molar-refractivity contribution >= 4 is 15.9 Å². The highest BCUT2D eigenvalue weighted by atomic mass is 32.2. The van der Waals surface area contributed by atoms with Crippen molar-refractivity contribution in [1.82, 2.24) is 9.62 Å². The third-order valence-corrected chi connectivity index (χ3v) is 6.64. The van der Waals surface area contributed by atoms with Gasteiger partial charge in [-0.3, -0.25) is 4.79 Å². The van der Waals surface area contributed by atoms with Crippen LogP contribution < -0.4 is 5.32 Å². The van der Waals surface area contributed by atoms with Crippen molar-refractivity contribution in [3.05, 3.63) is 35.9 Å². The standard InChI is InChI=1S/C16H22N2O3S/c19-16-11-15(14-7-2-1-3-8-14)18(10-9-17-16)22(20,21)12-13-5-4-6-13/h1-3,7-8,13,15H,4-6,9-12H2,(H,17,19). The summed E-state index contributed by atoms with van der Waals surface area (Å²) in [7, 11) is -3.35. The molecule has 3 rings (SSSR count). The number of rotatable bonds is 4. The molecule has 6 heteroatoms. The summed E-state index contributed by atoms with van der Waals surface area (Å²) in [5.41, 5.74) is 0.886. The number of carbonyl (C=O) groups excluding carboxylic acids is 1. The smallest absolute Gasteiger partial charge is 0.222 e. The lowest BCUT2D eigenvalue weighted by atomic mass is 9.87. The average Bonchev–Trinajstić information content (AvgIpc) is 2.66. The fourth-order valence-electron chi connectivity index (χ4n) is 3.16. The van der Waals surface area contributed by atoms with Gasteiger partial charge in [-0.25, -0.2) is 8.42 Å². The first-order valence-electron chi connectivity index (χ1n) is 7.87. The molecule has 1 saturated heterocycles. The van der Waals surface area contributed by atoms with Gasteiger partial charge in [-0.2, -0.15) is 4.31 Å². The quantitative estimate of drug-likeness (QED) is 0.917. The van der Waals surface area contributed by atoms with E-state index in [-0.39, 0.29) is 24.0 Å². The number of amides is 1. The number of hydrogen-bond donors (Lipinski definition) is 1. The SMILES string of the molecule is O=C1CC(c2ccccc2)N(S(=O)(=O)CC2CCC2)CCN1. The van der Waals surface area contributed by atoms with Crippen molar-refractivity contribution in [3.8, 4) is 0 Å². The van der Waals surface area contributed by atoms with Crippen molar-refractivity contribution in [2.24, 2.45) is 5.92 Å². The Balaban J connectivity index is 1.88. The summed E-state index contributed by atoms with van der Waals surface area (Å²) in [5.74, 6) is 0.411. The van der Waals surface area contributed by atoms with Crippen molar-refractivity contribution < 1.29 is 13.2 Å². The minimum Gasteiger partial charge on any atom is -0.355 e. The molecular weight excluding hydrogens is 300 g/mol. The topological polar surface area (TPSA) is 66.5 Å². The van der Waals surface area contributed by atoms with Crippen molar-refractivity contribution in [1.29, 1.82) is 0 Å². The molecule has 1 unspecified atom stereocenters. The first-order chi connectivity index (χ1) is 10.6. The Morgan fingerprint density at radius 3 is 2.55 bits per heavy atom. The Morgan fingerprint density at radius 2 is 1.91 bits per heavy atom. The molecule has 0 spiro atoms. The van der Waals surface area contributed by atoms with Gasteiger partial charge >= 0.3 is 0 Å². The Kier molecular flexibility index (Phi) is 4.49. The molecule has 1 heterocycles. The highest BCUT2D eigenvalue weighted by molar-refractivity contribution is 7.89. The Hall–Kier alpha value is -1.40. The first-order valence-corrected chi connectivity index (χ1v) is 9.48. The van der Waals surface area contributed by atoms with E-state index in [4.69, 9.17) is 0 Å². The van der Waals surface area contributed by atoms with E-state index in [9.17, 15) is 13.2 Å². The zero-order valence-corrected chi connectivity index (χ0v) is 13.4. The van der Waals surface area contributed by atoms with Crippen LogP contribution in [0.15, 0.2) is 30.3 Å². The van der Waals surface area contributed by atoms with Gasteiger partial charge in [0.2, 0.25) is 15.9 Å². The lowest BCUT2D eigenvalue weighted by Crippen LogP contribution is -2.40. The number of nitrogens with zero attached hydrogens (tertiary/aromatic N) is 1. The minimum absolute atomic E-state index is 0.0878. The number of hydrogen-bond acceptors (Lipinski definition) is 3. The molecule has 0 aromatic heterocycles. The summed E-state index contributed by atoms with van der Waals surface area (Å²) < 4.78 is 27.2. The monoisotopic (exact) mass is 322 g/mol. The molecule has 1 N–H and O–H groups in total. The highest BCUT2D eigenvalue weighted by Crippen LogP contribution is 2.33. The van der Waals surface area contributed by atoms with E-state index < -0.39 is 16.1 Å². The maximum Gasteiger partial charge on any atom is 0.222 e. The van der Waals surface area contributed by atoms with Crippen molar-refractivity contribution in [2.45, 2.75) is 31.7 Å². The van der Waals surface area contributed by atoms with Crippen LogP contribution in [0.4, 0.5) is 0 Å². The average molecular weight is 322 g/mol. The maximum absolute atomic E-state index is 12.8.